The molecule has 8 heteroatoms. The van der Waals surface area contributed by atoms with Gasteiger partial charge in [0.25, 0.3) is 11.5 Å². The van der Waals surface area contributed by atoms with Crippen molar-refractivity contribution in [1.82, 2.24) is 4.57 Å². The minimum Gasteiger partial charge on any atom is -0.497 e. The lowest BCUT2D eigenvalue weighted by Gasteiger charge is -2.25. The third kappa shape index (κ3) is 5.47. The van der Waals surface area contributed by atoms with E-state index < -0.39 is 6.04 Å². The molecule has 7 nitrogen and oxygen atoms in total. The zero-order valence-electron chi connectivity index (χ0n) is 24.0. The molecule has 2 heterocycles. The third-order valence-corrected chi connectivity index (χ3v) is 8.22. The van der Waals surface area contributed by atoms with Gasteiger partial charge < -0.3 is 14.8 Å². The molecule has 0 aliphatic carbocycles. The fraction of sp³-hybridized carbons (Fsp3) is 0.242. The number of nitrogens with zero attached hydrogens (tertiary/aromatic N) is 2. The van der Waals surface area contributed by atoms with E-state index in [1.807, 2.05) is 80.6 Å². The molecule has 3 aromatic carbocycles. The highest BCUT2D eigenvalue weighted by Crippen LogP contribution is 2.33. The van der Waals surface area contributed by atoms with Crippen molar-refractivity contribution in [3.05, 3.63) is 120 Å². The summed E-state index contributed by atoms with van der Waals surface area (Å²) in [4.78, 5) is 33.2. The Bertz CT molecular complexity index is 1830. The van der Waals surface area contributed by atoms with E-state index in [2.05, 4.69) is 25.2 Å². The number of hydrogen-bond donors (Lipinski definition) is 1. The van der Waals surface area contributed by atoms with E-state index in [0.717, 1.165) is 28.0 Å². The van der Waals surface area contributed by atoms with Crippen molar-refractivity contribution in [1.29, 1.82) is 0 Å². The summed E-state index contributed by atoms with van der Waals surface area (Å²) < 4.78 is 13.3. The van der Waals surface area contributed by atoms with Crippen LogP contribution in [0, 0.1) is 6.92 Å². The maximum Gasteiger partial charge on any atom is 0.271 e. The summed E-state index contributed by atoms with van der Waals surface area (Å²) in [5.74, 6) is 1.41. The second-order valence-electron chi connectivity index (χ2n) is 10.3. The van der Waals surface area contributed by atoms with Crippen molar-refractivity contribution < 1.29 is 14.3 Å². The largest absolute Gasteiger partial charge is 0.497 e. The first-order chi connectivity index (χ1) is 19.7. The van der Waals surface area contributed by atoms with Gasteiger partial charge in [-0.15, -0.1) is 0 Å². The third-order valence-electron chi connectivity index (χ3n) is 7.23. The van der Waals surface area contributed by atoms with Crippen LogP contribution in [-0.4, -0.2) is 24.7 Å². The van der Waals surface area contributed by atoms with E-state index in [1.54, 1.807) is 18.8 Å². The molecule has 0 radical (unpaired) electrons. The predicted octanol–water partition coefficient (Wildman–Crippen LogP) is 5.32. The number of fused-ring (bicyclic) bond motifs is 1. The van der Waals surface area contributed by atoms with E-state index >= 15 is 0 Å². The highest BCUT2D eigenvalue weighted by Gasteiger charge is 2.32. The van der Waals surface area contributed by atoms with Crippen LogP contribution in [0.25, 0.3) is 6.08 Å². The number of ether oxygens (including phenoxy) is 2. The molecule has 0 fully saturated rings. The van der Waals surface area contributed by atoms with Gasteiger partial charge >= 0.3 is 0 Å². The van der Waals surface area contributed by atoms with Crippen LogP contribution in [0.4, 0.5) is 5.69 Å². The molecular weight excluding hydrogens is 534 g/mol. The summed E-state index contributed by atoms with van der Waals surface area (Å²) in [7, 11) is 3.27. The van der Waals surface area contributed by atoms with Gasteiger partial charge in [0, 0.05) is 5.69 Å². The molecule has 0 saturated heterocycles. The number of amides is 1. The van der Waals surface area contributed by atoms with Gasteiger partial charge in [-0.2, -0.15) is 0 Å². The molecule has 1 aliphatic rings. The van der Waals surface area contributed by atoms with Gasteiger partial charge in [0.05, 0.1) is 36.1 Å². The maximum atomic E-state index is 14.1. The summed E-state index contributed by atoms with van der Waals surface area (Å²) in [5.41, 5.74) is 5.19. The molecular formula is C33H33N3O4S. The predicted molar refractivity (Wildman–Crippen MR) is 164 cm³/mol. The van der Waals surface area contributed by atoms with Crippen molar-refractivity contribution in [3.63, 3.8) is 0 Å². The number of aryl methyl sites for hydroxylation is 1. The Labute approximate surface area is 243 Å². The number of para-hydroxylation sites is 1. The van der Waals surface area contributed by atoms with Crippen LogP contribution in [0.3, 0.4) is 0 Å². The normalized spacial score (nSPS) is 15.0. The van der Waals surface area contributed by atoms with Crippen LogP contribution in [0.2, 0.25) is 0 Å². The van der Waals surface area contributed by atoms with E-state index in [9.17, 15) is 9.59 Å². The lowest BCUT2D eigenvalue weighted by molar-refractivity contribution is -0.113. The fourth-order valence-corrected chi connectivity index (χ4v) is 6.14. The first-order valence-corrected chi connectivity index (χ1v) is 14.2. The van der Waals surface area contributed by atoms with Crippen LogP contribution in [0.5, 0.6) is 11.5 Å². The van der Waals surface area contributed by atoms with Crippen molar-refractivity contribution in [2.75, 3.05) is 19.5 Å². The van der Waals surface area contributed by atoms with Gasteiger partial charge in [0.2, 0.25) is 0 Å². The van der Waals surface area contributed by atoms with E-state index in [4.69, 9.17) is 14.5 Å². The van der Waals surface area contributed by atoms with Gasteiger partial charge in [0.1, 0.15) is 11.5 Å². The lowest BCUT2D eigenvalue weighted by atomic mass is 9.95. The average Bonchev–Trinajstić information content (AvgIpc) is 3.27. The Morgan fingerprint density at radius 3 is 2.46 bits per heavy atom. The summed E-state index contributed by atoms with van der Waals surface area (Å²) in [6.45, 7) is 8.05. The first-order valence-electron chi connectivity index (χ1n) is 13.4. The van der Waals surface area contributed by atoms with E-state index in [1.165, 1.54) is 11.3 Å². The zero-order chi connectivity index (χ0) is 29.3. The van der Waals surface area contributed by atoms with Gasteiger partial charge in [0.15, 0.2) is 4.80 Å². The standard InChI is InChI=1S/C33H33N3O4S/c1-19(2)26-17-23(20(3)15-27(26)40-6)18-28-32(38)36-30(22-11-10-14-25(16-22)39-5)29(21(4)34-33(36)41-28)31(37)35-24-12-8-7-9-13-24/h7-19,30H,1-6H3,(H,35,37)/b28-18+/t30-/m0/s1. The quantitative estimate of drug-likeness (QED) is 0.328. The number of benzene rings is 3. The SMILES string of the molecule is COc1cccc([C@H]2C(C(=O)Nc3ccccc3)=C(C)N=c3s/c(=C/c4cc(C(C)C)c(OC)cc4C)c(=O)n32)c1. The second kappa shape index (κ2) is 11.6. The smallest absolute Gasteiger partial charge is 0.271 e. The molecule has 41 heavy (non-hydrogen) atoms. The number of aromatic nitrogens is 1. The summed E-state index contributed by atoms with van der Waals surface area (Å²) >= 11 is 1.32. The lowest BCUT2D eigenvalue weighted by Crippen LogP contribution is -2.40. The molecule has 0 saturated carbocycles. The van der Waals surface area contributed by atoms with Crippen LogP contribution in [0.15, 0.2) is 87.8 Å². The number of allylic oxidation sites excluding steroid dienone is 1. The van der Waals surface area contributed by atoms with Crippen molar-refractivity contribution >= 4 is 29.0 Å². The monoisotopic (exact) mass is 567 g/mol. The van der Waals surface area contributed by atoms with E-state index in [-0.39, 0.29) is 17.4 Å². The zero-order valence-corrected chi connectivity index (χ0v) is 24.8. The molecule has 0 spiro atoms. The van der Waals surface area contributed by atoms with Gasteiger partial charge in [-0.1, -0.05) is 55.5 Å². The van der Waals surface area contributed by atoms with Crippen molar-refractivity contribution in [2.45, 2.75) is 39.7 Å². The Morgan fingerprint density at radius 2 is 1.78 bits per heavy atom. The summed E-state index contributed by atoms with van der Waals surface area (Å²) in [6.07, 6.45) is 1.91. The molecule has 1 aliphatic heterocycles. The Balaban J connectivity index is 1.70. The van der Waals surface area contributed by atoms with E-state index in [0.29, 0.717) is 32.0 Å². The molecule has 1 N–H and O–H groups in total. The minimum atomic E-state index is -0.685. The number of carbonyl (C=O) groups is 1. The molecule has 0 bridgehead atoms. The van der Waals surface area contributed by atoms with Crippen molar-refractivity contribution in [3.8, 4) is 11.5 Å². The number of anilines is 1. The number of carbonyl (C=O) groups excluding carboxylic acids is 1. The Hall–Kier alpha value is -4.43. The van der Waals surface area contributed by atoms with Crippen molar-refractivity contribution in [2.24, 2.45) is 4.99 Å². The van der Waals surface area contributed by atoms with Gasteiger partial charge in [-0.25, -0.2) is 4.99 Å². The highest BCUT2D eigenvalue weighted by atomic mass is 32.1. The maximum absolute atomic E-state index is 14.1. The number of hydrogen-bond acceptors (Lipinski definition) is 6. The topological polar surface area (TPSA) is 81.9 Å². The highest BCUT2D eigenvalue weighted by molar-refractivity contribution is 7.07. The molecule has 4 aromatic rings. The van der Waals surface area contributed by atoms with Crippen LogP contribution >= 0.6 is 11.3 Å². The van der Waals surface area contributed by atoms with Gasteiger partial charge in [-0.3, -0.25) is 14.2 Å². The molecule has 5 rings (SSSR count). The fourth-order valence-electron chi connectivity index (χ4n) is 5.10. The van der Waals surface area contributed by atoms with Crippen LogP contribution in [-0.2, 0) is 4.79 Å². The number of rotatable bonds is 7. The molecule has 1 atom stereocenters. The Morgan fingerprint density at radius 1 is 1.02 bits per heavy atom. The molecule has 210 valence electrons. The van der Waals surface area contributed by atoms with Crippen LogP contribution < -0.4 is 29.7 Å². The second-order valence-corrected chi connectivity index (χ2v) is 11.3. The number of nitrogens with one attached hydrogen (secondary N) is 1. The van der Waals surface area contributed by atoms with Gasteiger partial charge in [-0.05, 0) is 84.5 Å². The Kier molecular flexibility index (Phi) is 7.94. The summed E-state index contributed by atoms with van der Waals surface area (Å²) in [5, 5.41) is 2.98. The minimum absolute atomic E-state index is 0.208. The number of thiazole rings is 1. The molecule has 1 aromatic heterocycles. The first kappa shape index (κ1) is 28.1. The molecule has 1 amide bonds. The molecule has 0 unspecified atom stereocenters. The van der Waals surface area contributed by atoms with Crippen LogP contribution in [0.1, 0.15) is 55.0 Å². The average molecular weight is 568 g/mol. The summed E-state index contributed by atoms with van der Waals surface area (Å²) in [6, 6.07) is 20.1. The number of methoxy groups -OCH3 is 2.